The van der Waals surface area contributed by atoms with E-state index < -0.39 is 23.4 Å². The number of fused-ring (bicyclic) bond motifs is 1. The molecule has 0 radical (unpaired) electrons. The number of hydrogen-bond acceptors (Lipinski definition) is 5. The number of ketones is 1. The van der Waals surface area contributed by atoms with Gasteiger partial charge in [0, 0.05) is 12.5 Å². The molecule has 5 nitrogen and oxygen atoms in total. The third-order valence-electron chi connectivity index (χ3n) is 3.67. The summed E-state index contributed by atoms with van der Waals surface area (Å²) in [5.41, 5.74) is 0.338. The average Bonchev–Trinajstić information content (AvgIpc) is 3.07. The number of carbonyl (C=O) groups excluding carboxylic acids is 2. The molecule has 0 spiro atoms. The molecule has 0 unspecified atom stereocenters. The fraction of sp³-hybridized carbons (Fsp3) is 0.222. The van der Waals surface area contributed by atoms with Crippen LogP contribution < -0.4 is 9.47 Å². The summed E-state index contributed by atoms with van der Waals surface area (Å²) in [5.74, 6) is -2.07. The summed E-state index contributed by atoms with van der Waals surface area (Å²) in [5, 5.41) is 0.341. The van der Waals surface area contributed by atoms with Crippen LogP contribution in [0.2, 0.25) is 5.02 Å². The first-order valence-electron chi connectivity index (χ1n) is 7.66. The molecule has 0 aromatic heterocycles. The largest absolute Gasteiger partial charge is 0.461 e. The number of rotatable bonds is 6. The summed E-state index contributed by atoms with van der Waals surface area (Å²) in [4.78, 5) is 23.7. The molecule has 2 aromatic rings. The Morgan fingerprint density at radius 3 is 2.69 bits per heavy atom. The zero-order valence-corrected chi connectivity index (χ0v) is 14.1. The molecule has 8 heteroatoms. The SMILES string of the molecule is O=C(CCC(=O)c1ccc(F)cc1F)OCc1cc(Cl)c2c(c1)OCO2. The number of benzene rings is 2. The van der Waals surface area contributed by atoms with E-state index in [2.05, 4.69) is 0 Å². The zero-order chi connectivity index (χ0) is 18.7. The molecule has 2 aromatic carbocycles. The van der Waals surface area contributed by atoms with Crippen LogP contribution in [0.1, 0.15) is 28.8 Å². The number of Topliss-reactive ketones (excluding diaryl/α,β-unsaturated/α-hetero) is 1. The third kappa shape index (κ3) is 4.11. The molecular formula is C18H13ClF2O5. The average molecular weight is 383 g/mol. The zero-order valence-electron chi connectivity index (χ0n) is 13.4. The second-order valence-corrected chi connectivity index (χ2v) is 5.93. The summed E-state index contributed by atoms with van der Waals surface area (Å²) in [6, 6.07) is 5.88. The number of esters is 1. The molecule has 0 saturated carbocycles. The van der Waals surface area contributed by atoms with Crippen LogP contribution in [-0.4, -0.2) is 18.5 Å². The van der Waals surface area contributed by atoms with E-state index in [0.29, 0.717) is 28.2 Å². The molecule has 1 heterocycles. The summed E-state index contributed by atoms with van der Waals surface area (Å²) in [7, 11) is 0. The van der Waals surface area contributed by atoms with E-state index in [0.717, 1.165) is 12.1 Å². The standard InChI is InChI=1S/C18H13ClF2O5/c19-13-5-10(6-16-18(13)26-9-25-16)8-24-17(23)4-3-15(22)12-2-1-11(20)7-14(12)21/h1-2,5-7H,3-4,8-9H2. The minimum absolute atomic E-state index is 0.0612. The van der Waals surface area contributed by atoms with Crippen molar-refractivity contribution in [1.82, 2.24) is 0 Å². The minimum Gasteiger partial charge on any atom is -0.461 e. The Kier molecular flexibility index (Phi) is 5.37. The monoisotopic (exact) mass is 382 g/mol. The molecule has 0 amide bonds. The highest BCUT2D eigenvalue weighted by molar-refractivity contribution is 6.32. The van der Waals surface area contributed by atoms with Gasteiger partial charge in [0.1, 0.15) is 18.2 Å². The summed E-state index contributed by atoms with van der Waals surface area (Å²) in [6.45, 7) is 0.00858. The van der Waals surface area contributed by atoms with E-state index in [1.54, 1.807) is 12.1 Å². The Hall–Kier alpha value is -2.67. The molecule has 1 aliphatic rings. The van der Waals surface area contributed by atoms with Crippen LogP contribution in [0.25, 0.3) is 0 Å². The van der Waals surface area contributed by atoms with Crippen LogP contribution in [0.3, 0.4) is 0 Å². The van der Waals surface area contributed by atoms with Crippen molar-refractivity contribution in [3.05, 3.63) is 58.1 Å². The van der Waals surface area contributed by atoms with Crippen molar-refractivity contribution < 1.29 is 32.6 Å². The highest BCUT2D eigenvalue weighted by Crippen LogP contribution is 2.39. The Morgan fingerprint density at radius 1 is 1.12 bits per heavy atom. The molecule has 0 bridgehead atoms. The first kappa shape index (κ1) is 18.1. The lowest BCUT2D eigenvalue weighted by Crippen LogP contribution is -2.09. The first-order chi connectivity index (χ1) is 12.4. The van der Waals surface area contributed by atoms with E-state index in [9.17, 15) is 18.4 Å². The molecule has 0 fully saturated rings. The van der Waals surface area contributed by atoms with E-state index in [1.165, 1.54) is 0 Å². The normalized spacial score (nSPS) is 12.1. The van der Waals surface area contributed by atoms with Gasteiger partial charge in [-0.3, -0.25) is 9.59 Å². The van der Waals surface area contributed by atoms with Gasteiger partial charge in [0.25, 0.3) is 0 Å². The fourth-order valence-corrected chi connectivity index (χ4v) is 2.69. The quantitative estimate of drug-likeness (QED) is 0.557. The lowest BCUT2D eigenvalue weighted by atomic mass is 10.1. The van der Waals surface area contributed by atoms with Crippen molar-refractivity contribution in [3.8, 4) is 11.5 Å². The van der Waals surface area contributed by atoms with E-state index in [4.69, 9.17) is 25.8 Å². The summed E-state index contributed by atoms with van der Waals surface area (Å²) in [6.07, 6.45) is -0.475. The van der Waals surface area contributed by atoms with E-state index in [1.807, 2.05) is 0 Å². The number of hydrogen-bond donors (Lipinski definition) is 0. The van der Waals surface area contributed by atoms with Gasteiger partial charge in [-0.1, -0.05) is 11.6 Å². The van der Waals surface area contributed by atoms with Crippen LogP contribution in [0, 0.1) is 11.6 Å². The van der Waals surface area contributed by atoms with E-state index >= 15 is 0 Å². The number of carbonyl (C=O) groups is 2. The van der Waals surface area contributed by atoms with Gasteiger partial charge in [0.05, 0.1) is 17.0 Å². The lowest BCUT2D eigenvalue weighted by molar-refractivity contribution is -0.144. The fourth-order valence-electron chi connectivity index (χ4n) is 2.41. The molecular weight excluding hydrogens is 370 g/mol. The number of halogens is 3. The summed E-state index contributed by atoms with van der Waals surface area (Å²) < 4.78 is 41.9. The maximum absolute atomic E-state index is 13.5. The molecule has 0 aliphatic carbocycles. The first-order valence-corrected chi connectivity index (χ1v) is 8.03. The molecule has 136 valence electrons. The molecule has 26 heavy (non-hydrogen) atoms. The van der Waals surface area contributed by atoms with Crippen molar-refractivity contribution in [2.45, 2.75) is 19.4 Å². The van der Waals surface area contributed by atoms with Gasteiger partial charge in [-0.15, -0.1) is 0 Å². The van der Waals surface area contributed by atoms with Gasteiger partial charge >= 0.3 is 5.97 Å². The van der Waals surface area contributed by atoms with Crippen molar-refractivity contribution in [3.63, 3.8) is 0 Å². The van der Waals surface area contributed by atoms with Crippen LogP contribution in [0.4, 0.5) is 8.78 Å². The maximum Gasteiger partial charge on any atom is 0.306 e. The molecule has 0 atom stereocenters. The molecule has 0 saturated heterocycles. The smallest absolute Gasteiger partial charge is 0.306 e. The van der Waals surface area contributed by atoms with Crippen LogP contribution >= 0.6 is 11.6 Å². The van der Waals surface area contributed by atoms with Gasteiger partial charge in [-0.05, 0) is 29.8 Å². The van der Waals surface area contributed by atoms with E-state index in [-0.39, 0.29) is 31.8 Å². The van der Waals surface area contributed by atoms with Crippen molar-refractivity contribution >= 4 is 23.4 Å². The maximum atomic E-state index is 13.5. The van der Waals surface area contributed by atoms with Gasteiger partial charge in [0.2, 0.25) is 6.79 Å². The predicted octanol–water partition coefficient (Wildman–Crippen LogP) is 4.05. The van der Waals surface area contributed by atoms with Crippen LogP contribution in [0.5, 0.6) is 11.5 Å². The molecule has 0 N–H and O–H groups in total. The molecule has 3 rings (SSSR count). The van der Waals surface area contributed by atoms with Gasteiger partial charge < -0.3 is 14.2 Å². The number of ether oxygens (including phenoxy) is 3. The molecule has 1 aliphatic heterocycles. The van der Waals surface area contributed by atoms with Crippen molar-refractivity contribution in [1.29, 1.82) is 0 Å². The highest BCUT2D eigenvalue weighted by atomic mass is 35.5. The highest BCUT2D eigenvalue weighted by Gasteiger charge is 2.19. The predicted molar refractivity (Wildman–Crippen MR) is 87.3 cm³/mol. The van der Waals surface area contributed by atoms with Crippen molar-refractivity contribution in [2.24, 2.45) is 0 Å². The Bertz CT molecular complexity index is 869. The van der Waals surface area contributed by atoms with Gasteiger partial charge in [-0.25, -0.2) is 8.78 Å². The van der Waals surface area contributed by atoms with Gasteiger partial charge in [-0.2, -0.15) is 0 Å². The second kappa shape index (κ2) is 7.70. The summed E-state index contributed by atoms with van der Waals surface area (Å²) >= 11 is 6.03. The second-order valence-electron chi connectivity index (χ2n) is 5.52. The third-order valence-corrected chi connectivity index (χ3v) is 3.96. The van der Waals surface area contributed by atoms with Gasteiger partial charge in [0.15, 0.2) is 17.3 Å². The minimum atomic E-state index is -0.960. The topological polar surface area (TPSA) is 61.8 Å². The Balaban J connectivity index is 1.52. The Labute approximate surface area is 152 Å². The Morgan fingerprint density at radius 2 is 1.92 bits per heavy atom. The van der Waals surface area contributed by atoms with Crippen LogP contribution in [-0.2, 0) is 16.1 Å². The van der Waals surface area contributed by atoms with Crippen molar-refractivity contribution in [2.75, 3.05) is 6.79 Å². The lowest BCUT2D eigenvalue weighted by Gasteiger charge is -2.07. The van der Waals surface area contributed by atoms with Crippen LogP contribution in [0.15, 0.2) is 30.3 Å².